The number of aliphatic hydroxyl groups excluding tert-OH is 1. The molecule has 0 amide bonds. The van der Waals surface area contributed by atoms with Crippen molar-refractivity contribution in [1.82, 2.24) is 15.5 Å². The predicted molar refractivity (Wildman–Crippen MR) is 68.2 cm³/mol. The minimum Gasteiger partial charge on any atom is -0.392 e. The van der Waals surface area contributed by atoms with Gasteiger partial charge in [-0.3, -0.25) is 0 Å². The fourth-order valence-electron chi connectivity index (χ4n) is 2.06. The van der Waals surface area contributed by atoms with Crippen molar-refractivity contribution in [2.24, 2.45) is 0 Å². The van der Waals surface area contributed by atoms with Crippen LogP contribution in [0.2, 0.25) is 0 Å². The fraction of sp³-hybridized carbons (Fsp3) is 0.800. The maximum atomic E-state index is 9.46. The van der Waals surface area contributed by atoms with Crippen LogP contribution in [0, 0.1) is 0 Å². The van der Waals surface area contributed by atoms with Crippen molar-refractivity contribution in [3.8, 4) is 0 Å². The quantitative estimate of drug-likeness (QED) is 0.832. The molecule has 2 N–H and O–H groups in total. The van der Waals surface area contributed by atoms with Gasteiger partial charge in [0.05, 0.1) is 17.4 Å². The molecule has 0 radical (unpaired) electrons. The number of thioether (sulfide) groups is 2. The highest BCUT2D eigenvalue weighted by Gasteiger charge is 2.29. The van der Waals surface area contributed by atoms with Crippen LogP contribution in [0.3, 0.4) is 0 Å². The maximum Gasteiger partial charge on any atom is 0.243 e. The molecule has 3 atom stereocenters. The zero-order valence-corrected chi connectivity index (χ0v) is 11.0. The predicted octanol–water partition coefficient (Wildman–Crippen LogP) is 0.986. The van der Waals surface area contributed by atoms with E-state index in [-0.39, 0.29) is 12.1 Å². The second-order valence-electron chi connectivity index (χ2n) is 4.28. The summed E-state index contributed by atoms with van der Waals surface area (Å²) in [5.74, 6) is 4.85. The molecular formula is C10H15N3O2S2. The van der Waals surface area contributed by atoms with Crippen LogP contribution in [0.15, 0.2) is 4.52 Å². The van der Waals surface area contributed by atoms with E-state index < -0.39 is 0 Å². The van der Waals surface area contributed by atoms with E-state index >= 15 is 0 Å². The minimum atomic E-state index is -0.296. The van der Waals surface area contributed by atoms with E-state index in [9.17, 15) is 5.11 Å². The zero-order valence-electron chi connectivity index (χ0n) is 9.33. The van der Waals surface area contributed by atoms with E-state index in [0.29, 0.717) is 24.1 Å². The topological polar surface area (TPSA) is 71.2 Å². The number of nitrogens with one attached hydrogen (secondary N) is 1. The Bertz CT molecular complexity index is 362. The van der Waals surface area contributed by atoms with Gasteiger partial charge in [-0.15, -0.1) is 11.8 Å². The standard InChI is InChI=1S/C10H15N3O2S2/c14-6-3-7(11-4-6)10-12-9(13-15-10)8-5-16-1-2-17-8/h6-8,11,14H,1-5H2/t6-,7-,8?/m1/s1. The lowest BCUT2D eigenvalue weighted by molar-refractivity contribution is 0.191. The number of β-amino-alcohol motifs (C(OH)–C–C–N with tert-alkyl or cyclic N) is 1. The molecule has 3 rings (SSSR count). The molecule has 2 aliphatic heterocycles. The normalized spacial score (nSPS) is 34.1. The van der Waals surface area contributed by atoms with E-state index in [0.717, 1.165) is 17.3 Å². The molecule has 1 unspecified atom stereocenters. The third-order valence-corrected chi connectivity index (χ3v) is 5.72. The molecule has 2 aliphatic rings. The summed E-state index contributed by atoms with van der Waals surface area (Å²) in [6.07, 6.45) is 0.365. The van der Waals surface area contributed by atoms with Crippen LogP contribution < -0.4 is 5.32 Å². The van der Waals surface area contributed by atoms with Gasteiger partial charge in [0, 0.05) is 23.8 Å². The summed E-state index contributed by atoms with van der Waals surface area (Å²) < 4.78 is 5.29. The molecule has 7 heteroatoms. The molecule has 0 saturated carbocycles. The molecule has 0 bridgehead atoms. The van der Waals surface area contributed by atoms with Gasteiger partial charge in [0.2, 0.25) is 5.89 Å². The van der Waals surface area contributed by atoms with Crippen LogP contribution in [0.4, 0.5) is 0 Å². The van der Waals surface area contributed by atoms with E-state index in [1.165, 1.54) is 5.75 Å². The summed E-state index contributed by atoms with van der Waals surface area (Å²) >= 11 is 3.84. The first-order valence-electron chi connectivity index (χ1n) is 5.77. The number of aromatic nitrogens is 2. The Morgan fingerprint density at radius 2 is 2.35 bits per heavy atom. The third-order valence-electron chi connectivity index (χ3n) is 2.97. The Morgan fingerprint density at radius 1 is 1.41 bits per heavy atom. The van der Waals surface area contributed by atoms with E-state index in [2.05, 4.69) is 15.5 Å². The first-order valence-corrected chi connectivity index (χ1v) is 7.97. The lowest BCUT2D eigenvalue weighted by atomic mass is 10.2. The monoisotopic (exact) mass is 273 g/mol. The second-order valence-corrected chi connectivity index (χ2v) is 6.74. The van der Waals surface area contributed by atoms with Crippen molar-refractivity contribution in [2.45, 2.75) is 23.8 Å². The molecule has 2 fully saturated rings. The number of aliphatic hydroxyl groups is 1. The highest BCUT2D eigenvalue weighted by molar-refractivity contribution is 8.06. The van der Waals surface area contributed by atoms with Crippen molar-refractivity contribution >= 4 is 23.5 Å². The van der Waals surface area contributed by atoms with Gasteiger partial charge in [-0.05, 0) is 6.42 Å². The van der Waals surface area contributed by atoms with Gasteiger partial charge in [0.15, 0.2) is 5.82 Å². The molecule has 5 nitrogen and oxygen atoms in total. The first kappa shape index (κ1) is 11.8. The summed E-state index contributed by atoms with van der Waals surface area (Å²) in [7, 11) is 0. The van der Waals surface area contributed by atoms with Crippen molar-refractivity contribution < 1.29 is 9.63 Å². The highest BCUT2D eigenvalue weighted by atomic mass is 32.2. The van der Waals surface area contributed by atoms with Crippen LogP contribution in [-0.4, -0.2) is 45.2 Å². The fourth-order valence-corrected chi connectivity index (χ4v) is 4.65. The van der Waals surface area contributed by atoms with Gasteiger partial charge in [-0.2, -0.15) is 16.7 Å². The van der Waals surface area contributed by atoms with Crippen LogP contribution in [0.1, 0.15) is 29.4 Å². The SMILES string of the molecule is O[C@H]1CN[C@@H](c2nc(C3CSCCS3)no2)C1. The number of hydrogen-bond acceptors (Lipinski definition) is 7. The molecule has 0 spiro atoms. The van der Waals surface area contributed by atoms with E-state index in [4.69, 9.17) is 4.52 Å². The second kappa shape index (κ2) is 5.17. The van der Waals surface area contributed by atoms with E-state index in [1.807, 2.05) is 23.5 Å². The average Bonchev–Trinajstić information content (AvgIpc) is 2.98. The van der Waals surface area contributed by atoms with Crippen LogP contribution in [0.25, 0.3) is 0 Å². The number of nitrogens with zero attached hydrogens (tertiary/aromatic N) is 2. The Balaban J connectivity index is 1.69. The minimum absolute atomic E-state index is 0.0208. The molecule has 2 saturated heterocycles. The summed E-state index contributed by atoms with van der Waals surface area (Å²) in [6, 6.07) is 0.0208. The maximum absolute atomic E-state index is 9.46. The molecule has 94 valence electrons. The number of rotatable bonds is 2. The summed E-state index contributed by atoms with van der Waals surface area (Å²) in [6.45, 7) is 0.608. The Labute approximate surface area is 108 Å². The highest BCUT2D eigenvalue weighted by Crippen LogP contribution is 2.35. The number of hydrogen-bond donors (Lipinski definition) is 2. The molecule has 0 aromatic carbocycles. The van der Waals surface area contributed by atoms with Gasteiger partial charge in [-0.25, -0.2) is 0 Å². The van der Waals surface area contributed by atoms with Crippen molar-refractivity contribution in [1.29, 1.82) is 0 Å². The van der Waals surface area contributed by atoms with Gasteiger partial charge in [0.25, 0.3) is 0 Å². The van der Waals surface area contributed by atoms with E-state index in [1.54, 1.807) is 0 Å². The zero-order chi connectivity index (χ0) is 11.7. The van der Waals surface area contributed by atoms with Crippen LogP contribution >= 0.6 is 23.5 Å². The molecule has 17 heavy (non-hydrogen) atoms. The molecule has 1 aromatic rings. The van der Waals surface area contributed by atoms with Crippen LogP contribution in [-0.2, 0) is 0 Å². The largest absolute Gasteiger partial charge is 0.392 e. The Hall–Kier alpha value is -0.240. The van der Waals surface area contributed by atoms with Gasteiger partial charge < -0.3 is 14.9 Å². The van der Waals surface area contributed by atoms with Gasteiger partial charge in [0.1, 0.15) is 0 Å². The lowest BCUT2D eigenvalue weighted by Crippen LogP contribution is -2.15. The Morgan fingerprint density at radius 3 is 3.06 bits per heavy atom. The third kappa shape index (κ3) is 2.62. The molecule has 3 heterocycles. The molecular weight excluding hydrogens is 258 g/mol. The summed E-state index contributed by atoms with van der Waals surface area (Å²) in [4.78, 5) is 4.46. The Kier molecular flexibility index (Phi) is 3.60. The summed E-state index contributed by atoms with van der Waals surface area (Å²) in [5.41, 5.74) is 0. The van der Waals surface area contributed by atoms with Crippen molar-refractivity contribution in [3.05, 3.63) is 11.7 Å². The lowest BCUT2D eigenvalue weighted by Gasteiger charge is -2.17. The van der Waals surface area contributed by atoms with Crippen LogP contribution in [0.5, 0.6) is 0 Å². The van der Waals surface area contributed by atoms with Gasteiger partial charge in [-0.1, -0.05) is 5.16 Å². The average molecular weight is 273 g/mol. The summed E-state index contributed by atoms with van der Waals surface area (Å²) in [5, 5.41) is 17.1. The molecule has 0 aliphatic carbocycles. The van der Waals surface area contributed by atoms with Crippen molar-refractivity contribution in [2.75, 3.05) is 23.8 Å². The van der Waals surface area contributed by atoms with Crippen molar-refractivity contribution in [3.63, 3.8) is 0 Å². The first-order chi connectivity index (χ1) is 8.33. The smallest absolute Gasteiger partial charge is 0.243 e. The molecule has 1 aromatic heterocycles. The van der Waals surface area contributed by atoms with Gasteiger partial charge >= 0.3 is 0 Å².